The minimum Gasteiger partial charge on any atom is -0.465 e. The number of hydrogen-bond acceptors (Lipinski definition) is 1. The van der Waals surface area contributed by atoms with Gasteiger partial charge in [0.1, 0.15) is 5.42 Å². The molecule has 1 nitrogen and oxygen atoms in total. The molecule has 0 saturated heterocycles. The van der Waals surface area contributed by atoms with Crippen molar-refractivity contribution in [2.45, 2.75) is 19.8 Å². The van der Waals surface area contributed by atoms with E-state index in [1.54, 1.807) is 6.26 Å². The van der Waals surface area contributed by atoms with Gasteiger partial charge in [0.2, 0.25) is 0 Å². The summed E-state index contributed by atoms with van der Waals surface area (Å²) in [5, 5.41) is 0.960. The first-order valence-electron chi connectivity index (χ1n) is 3.50. The Bertz CT molecular complexity index is 295. The molecule has 0 saturated carbocycles. The lowest BCUT2D eigenvalue weighted by atomic mass is 10.2. The summed E-state index contributed by atoms with van der Waals surface area (Å²) in [6.07, 6.45) is 3.91. The van der Waals surface area contributed by atoms with Crippen molar-refractivity contribution < 1.29 is 4.42 Å². The van der Waals surface area contributed by atoms with Gasteiger partial charge < -0.3 is 4.42 Å². The lowest BCUT2D eigenvalue weighted by Gasteiger charge is -1.86. The van der Waals surface area contributed by atoms with E-state index in [1.807, 2.05) is 0 Å². The molecule has 0 unspecified atom stereocenters. The van der Waals surface area contributed by atoms with E-state index in [0.29, 0.717) is 5.42 Å². The molecule has 0 spiro atoms. The fraction of sp³-hybridized carbons (Fsp3) is 0.333. The zero-order valence-electron chi connectivity index (χ0n) is 6.31. The summed E-state index contributed by atoms with van der Waals surface area (Å²) >= 11 is 0. The summed E-state index contributed by atoms with van der Waals surface area (Å²) in [6, 6.07) is 0. The van der Waals surface area contributed by atoms with Crippen LogP contribution in [0.25, 0.3) is 13.2 Å². The van der Waals surface area contributed by atoms with Gasteiger partial charge in [0.25, 0.3) is 0 Å². The van der Waals surface area contributed by atoms with E-state index in [1.165, 1.54) is 5.56 Å². The van der Waals surface area contributed by atoms with Gasteiger partial charge in [0.15, 0.2) is 0 Å². The smallest absolute Gasteiger partial charge is 0.126 e. The molecule has 1 heteroatoms. The topological polar surface area (TPSA) is 13.1 Å². The van der Waals surface area contributed by atoms with Crippen molar-refractivity contribution in [2.24, 2.45) is 0 Å². The second kappa shape index (κ2) is 2.74. The van der Waals surface area contributed by atoms with Crippen molar-refractivity contribution in [1.82, 2.24) is 0 Å². The highest BCUT2D eigenvalue weighted by Gasteiger charge is 1.95. The Morgan fingerprint density at radius 3 is 2.60 bits per heavy atom. The highest BCUT2D eigenvalue weighted by atomic mass is 16.3. The van der Waals surface area contributed by atoms with Crippen LogP contribution in [0.1, 0.15) is 18.9 Å². The molecule has 10 heavy (non-hydrogen) atoms. The monoisotopic (exact) mass is 136 g/mol. The van der Waals surface area contributed by atoms with Gasteiger partial charge >= 0.3 is 0 Å². The average Bonchev–Trinajstić information content (AvgIpc) is 2.20. The molecule has 1 heterocycles. The van der Waals surface area contributed by atoms with Gasteiger partial charge in [-0.05, 0) is 12.0 Å². The Labute approximate surface area is 60.7 Å². The Morgan fingerprint density at radius 2 is 2.20 bits per heavy atom. The third kappa shape index (κ3) is 1.13. The Morgan fingerprint density at radius 1 is 1.50 bits per heavy atom. The molecule has 0 amide bonds. The highest BCUT2D eigenvalue weighted by molar-refractivity contribution is 5.17. The number of aryl methyl sites for hydroxylation is 1. The predicted octanol–water partition coefficient (Wildman–Crippen LogP) is 1.05. The molecule has 0 aliphatic heterocycles. The summed E-state index contributed by atoms with van der Waals surface area (Å²) in [5.41, 5.74) is 1.89. The molecule has 54 valence electrons. The van der Waals surface area contributed by atoms with Crippen LogP contribution in [-0.4, -0.2) is 0 Å². The first-order valence-corrected chi connectivity index (χ1v) is 3.50. The quantitative estimate of drug-likeness (QED) is 0.592. The van der Waals surface area contributed by atoms with Crippen molar-refractivity contribution in [2.75, 3.05) is 0 Å². The van der Waals surface area contributed by atoms with Crippen LogP contribution in [0.2, 0.25) is 0 Å². The van der Waals surface area contributed by atoms with E-state index >= 15 is 0 Å². The molecule has 0 aliphatic rings. The number of furan rings is 1. The lowest BCUT2D eigenvalue weighted by molar-refractivity contribution is 0.530. The minimum atomic E-state index is 0.698. The minimum absolute atomic E-state index is 0.698. The van der Waals surface area contributed by atoms with E-state index in [4.69, 9.17) is 4.42 Å². The van der Waals surface area contributed by atoms with Crippen molar-refractivity contribution in [3.05, 3.63) is 22.5 Å². The zero-order valence-corrected chi connectivity index (χ0v) is 6.31. The molecule has 0 atom stereocenters. The Kier molecular flexibility index (Phi) is 1.95. The van der Waals surface area contributed by atoms with Crippen LogP contribution in [0.5, 0.6) is 0 Å². The fourth-order valence-electron chi connectivity index (χ4n) is 0.943. The Hall–Kier alpha value is -0.980. The zero-order chi connectivity index (χ0) is 7.56. The van der Waals surface area contributed by atoms with Crippen LogP contribution in [0.3, 0.4) is 0 Å². The summed E-state index contributed by atoms with van der Waals surface area (Å²) < 4.78 is 5.07. The largest absolute Gasteiger partial charge is 0.465 e. The van der Waals surface area contributed by atoms with Crippen molar-refractivity contribution in [3.63, 3.8) is 0 Å². The van der Waals surface area contributed by atoms with E-state index in [9.17, 15) is 0 Å². The van der Waals surface area contributed by atoms with Gasteiger partial charge in [0.05, 0.1) is 6.26 Å². The summed E-state index contributed by atoms with van der Waals surface area (Å²) in [5.74, 6) is 0. The Balaban J connectivity index is 3.06. The van der Waals surface area contributed by atoms with Crippen molar-refractivity contribution in [1.29, 1.82) is 0 Å². The maximum atomic E-state index is 5.07. The van der Waals surface area contributed by atoms with Crippen LogP contribution < -0.4 is 10.6 Å². The van der Waals surface area contributed by atoms with Gasteiger partial charge in [-0.25, -0.2) is 0 Å². The van der Waals surface area contributed by atoms with E-state index in [2.05, 4.69) is 20.1 Å². The summed E-state index contributed by atoms with van der Waals surface area (Å²) in [4.78, 5) is 0. The van der Waals surface area contributed by atoms with Crippen LogP contribution in [0.4, 0.5) is 0 Å². The molecule has 0 radical (unpaired) electrons. The first kappa shape index (κ1) is 7.13. The van der Waals surface area contributed by atoms with Gasteiger partial charge in [-0.15, -0.1) is 0 Å². The first-order chi connectivity index (χ1) is 4.75. The highest BCUT2D eigenvalue weighted by Crippen LogP contribution is 1.92. The third-order valence-electron chi connectivity index (χ3n) is 1.59. The SMILES string of the molecule is C=c1occ(CCC)c1=C. The van der Waals surface area contributed by atoms with Crippen molar-refractivity contribution in [3.8, 4) is 0 Å². The fourth-order valence-corrected chi connectivity index (χ4v) is 0.943. The van der Waals surface area contributed by atoms with Gasteiger partial charge in [0, 0.05) is 5.22 Å². The lowest BCUT2D eigenvalue weighted by Crippen LogP contribution is -2.18. The molecule has 0 aromatic carbocycles. The second-order valence-corrected chi connectivity index (χ2v) is 2.41. The van der Waals surface area contributed by atoms with Crippen LogP contribution >= 0.6 is 0 Å². The molecule has 0 bridgehead atoms. The van der Waals surface area contributed by atoms with Gasteiger partial charge in [-0.2, -0.15) is 0 Å². The van der Waals surface area contributed by atoms with Crippen LogP contribution in [0, 0.1) is 0 Å². The van der Waals surface area contributed by atoms with Crippen molar-refractivity contribution >= 4 is 13.2 Å². The third-order valence-corrected chi connectivity index (χ3v) is 1.59. The predicted molar refractivity (Wildman–Crippen MR) is 43.0 cm³/mol. The molecular weight excluding hydrogens is 124 g/mol. The molecule has 0 aliphatic carbocycles. The number of rotatable bonds is 2. The van der Waals surface area contributed by atoms with E-state index in [-0.39, 0.29) is 0 Å². The van der Waals surface area contributed by atoms with E-state index in [0.717, 1.165) is 18.1 Å². The standard InChI is InChI=1S/C9H12O/c1-4-5-9-6-10-8(3)7(9)2/h6H,2-5H2,1H3. The summed E-state index contributed by atoms with van der Waals surface area (Å²) in [7, 11) is 0. The number of hydrogen-bond donors (Lipinski definition) is 0. The second-order valence-electron chi connectivity index (χ2n) is 2.41. The van der Waals surface area contributed by atoms with Gasteiger partial charge in [-0.3, -0.25) is 0 Å². The normalized spacial score (nSPS) is 10.1. The summed E-state index contributed by atoms with van der Waals surface area (Å²) in [6.45, 7) is 9.67. The molecule has 1 aromatic heterocycles. The maximum absolute atomic E-state index is 5.07. The van der Waals surface area contributed by atoms with Crippen LogP contribution in [-0.2, 0) is 6.42 Å². The molecule has 0 N–H and O–H groups in total. The van der Waals surface area contributed by atoms with Crippen LogP contribution in [0.15, 0.2) is 10.7 Å². The molecule has 1 rings (SSSR count). The van der Waals surface area contributed by atoms with E-state index < -0.39 is 0 Å². The maximum Gasteiger partial charge on any atom is 0.126 e. The average molecular weight is 136 g/mol. The molecule has 1 aromatic rings. The van der Waals surface area contributed by atoms with Gasteiger partial charge in [-0.1, -0.05) is 26.5 Å². The molecular formula is C9H12O. The molecule has 0 fully saturated rings.